The van der Waals surface area contributed by atoms with E-state index in [1.165, 1.54) is 12.8 Å². The summed E-state index contributed by atoms with van der Waals surface area (Å²) in [6, 6.07) is 5.28. The zero-order valence-electron chi connectivity index (χ0n) is 9.54. The van der Waals surface area contributed by atoms with Crippen LogP contribution in [0.2, 0.25) is 0 Å². The molecule has 0 spiro atoms. The lowest BCUT2D eigenvalue weighted by atomic mass is 10.0. The highest BCUT2D eigenvalue weighted by Gasteiger charge is 2.34. The van der Waals surface area contributed by atoms with Crippen molar-refractivity contribution < 1.29 is 4.74 Å². The fourth-order valence-electron chi connectivity index (χ4n) is 2.71. The van der Waals surface area contributed by atoms with Gasteiger partial charge in [0.15, 0.2) is 0 Å². The molecule has 1 aromatic heterocycles. The first-order valence-corrected chi connectivity index (χ1v) is 5.73. The topological polar surface area (TPSA) is 34.1 Å². The maximum atomic E-state index is 5.93. The van der Waals surface area contributed by atoms with Gasteiger partial charge in [0.2, 0.25) is 0 Å². The Kier molecular flexibility index (Phi) is 5.50. The summed E-state index contributed by atoms with van der Waals surface area (Å²) in [6.07, 6.45) is 8.88. The zero-order chi connectivity index (χ0) is 10.1. The van der Waals surface area contributed by atoms with Crippen molar-refractivity contribution in [3.05, 3.63) is 24.5 Å². The summed E-state index contributed by atoms with van der Waals surface area (Å²) in [5, 5.41) is 3.61. The number of rotatable bonds is 2. The van der Waals surface area contributed by atoms with E-state index in [0.29, 0.717) is 18.2 Å². The molecule has 17 heavy (non-hydrogen) atoms. The van der Waals surface area contributed by atoms with Gasteiger partial charge >= 0.3 is 0 Å². The molecule has 3 nitrogen and oxygen atoms in total. The van der Waals surface area contributed by atoms with E-state index in [1.54, 1.807) is 12.4 Å². The predicted molar refractivity (Wildman–Crippen MR) is 72.3 cm³/mol. The summed E-state index contributed by atoms with van der Waals surface area (Å²) in [5.74, 6) is 0.906. The SMILES string of the molecule is Cl.Cl.c1cncc(OC2CC3CCC(C2)N3)c1. The minimum atomic E-state index is 0. The van der Waals surface area contributed by atoms with Crippen LogP contribution in [0.4, 0.5) is 0 Å². The zero-order valence-corrected chi connectivity index (χ0v) is 11.2. The van der Waals surface area contributed by atoms with Gasteiger partial charge in [0.25, 0.3) is 0 Å². The monoisotopic (exact) mass is 276 g/mol. The van der Waals surface area contributed by atoms with Gasteiger partial charge in [-0.05, 0) is 37.8 Å². The van der Waals surface area contributed by atoms with Gasteiger partial charge in [0.05, 0.1) is 6.20 Å². The van der Waals surface area contributed by atoms with Crippen molar-refractivity contribution in [2.24, 2.45) is 0 Å². The van der Waals surface area contributed by atoms with Crippen LogP contribution in [0.1, 0.15) is 25.7 Å². The van der Waals surface area contributed by atoms with E-state index >= 15 is 0 Å². The Labute approximate surface area is 114 Å². The fraction of sp³-hybridized carbons (Fsp3) is 0.583. The molecule has 2 aliphatic heterocycles. The molecule has 3 heterocycles. The number of hydrogen-bond donors (Lipinski definition) is 1. The van der Waals surface area contributed by atoms with Crippen LogP contribution in [-0.4, -0.2) is 23.2 Å². The Balaban J connectivity index is 0.000000722. The highest BCUT2D eigenvalue weighted by Crippen LogP contribution is 2.29. The normalized spacial score (nSPS) is 30.0. The molecule has 2 fully saturated rings. The Morgan fingerprint density at radius 3 is 2.47 bits per heavy atom. The van der Waals surface area contributed by atoms with Gasteiger partial charge in [-0.2, -0.15) is 0 Å². The largest absolute Gasteiger partial charge is 0.489 e. The Bertz CT molecular complexity index is 325. The highest BCUT2D eigenvalue weighted by molar-refractivity contribution is 5.85. The molecule has 2 aliphatic rings. The average Bonchev–Trinajstić information content (AvgIpc) is 2.60. The molecule has 2 unspecified atom stereocenters. The Morgan fingerprint density at radius 2 is 1.88 bits per heavy atom. The van der Waals surface area contributed by atoms with Gasteiger partial charge < -0.3 is 10.1 Å². The molecule has 2 bridgehead atoms. The van der Waals surface area contributed by atoms with E-state index in [0.717, 1.165) is 18.6 Å². The van der Waals surface area contributed by atoms with Crippen LogP contribution in [0, 0.1) is 0 Å². The molecule has 0 radical (unpaired) electrons. The molecule has 1 aromatic rings. The van der Waals surface area contributed by atoms with Crippen molar-refractivity contribution in [3.8, 4) is 5.75 Å². The summed E-state index contributed by atoms with van der Waals surface area (Å²) in [5.41, 5.74) is 0. The van der Waals surface area contributed by atoms with Crippen molar-refractivity contribution in [1.82, 2.24) is 10.3 Å². The maximum absolute atomic E-state index is 5.93. The van der Waals surface area contributed by atoms with Crippen LogP contribution in [0.25, 0.3) is 0 Å². The standard InChI is InChI=1S/C12H16N2O.2ClH/c1-2-11(8-13-5-1)15-12-6-9-3-4-10(7-12)14-9;;/h1-2,5,8-10,12,14H,3-4,6-7H2;2*1H. The van der Waals surface area contributed by atoms with Crippen molar-refractivity contribution >= 4 is 24.8 Å². The summed E-state index contributed by atoms with van der Waals surface area (Å²) >= 11 is 0. The van der Waals surface area contributed by atoms with Crippen LogP contribution >= 0.6 is 24.8 Å². The van der Waals surface area contributed by atoms with Crippen LogP contribution in [0.3, 0.4) is 0 Å². The van der Waals surface area contributed by atoms with Gasteiger partial charge in [-0.25, -0.2) is 0 Å². The number of hydrogen-bond acceptors (Lipinski definition) is 3. The molecule has 1 N–H and O–H groups in total. The molecule has 0 amide bonds. The van der Waals surface area contributed by atoms with Gasteiger partial charge in [-0.3, -0.25) is 4.98 Å². The second-order valence-corrected chi connectivity index (χ2v) is 4.54. The molecule has 2 saturated heterocycles. The quantitative estimate of drug-likeness (QED) is 0.902. The number of halogens is 2. The number of nitrogens with one attached hydrogen (secondary N) is 1. The minimum absolute atomic E-state index is 0. The predicted octanol–water partition coefficient (Wildman–Crippen LogP) is 2.59. The third kappa shape index (κ3) is 3.47. The summed E-state index contributed by atoms with van der Waals surface area (Å²) in [6.45, 7) is 0. The fourth-order valence-corrected chi connectivity index (χ4v) is 2.71. The van der Waals surface area contributed by atoms with Gasteiger partial charge in [0, 0.05) is 18.3 Å². The highest BCUT2D eigenvalue weighted by atomic mass is 35.5. The Hall–Kier alpha value is -0.510. The van der Waals surface area contributed by atoms with Crippen LogP contribution < -0.4 is 10.1 Å². The van der Waals surface area contributed by atoms with Gasteiger partial charge in [-0.1, -0.05) is 0 Å². The average molecular weight is 277 g/mol. The Morgan fingerprint density at radius 1 is 1.18 bits per heavy atom. The molecular formula is C12H18Cl2N2O. The second kappa shape index (κ2) is 6.43. The number of aromatic nitrogens is 1. The van der Waals surface area contributed by atoms with E-state index < -0.39 is 0 Å². The summed E-state index contributed by atoms with van der Waals surface area (Å²) in [7, 11) is 0. The summed E-state index contributed by atoms with van der Waals surface area (Å²) < 4.78 is 5.93. The molecule has 0 aliphatic carbocycles. The van der Waals surface area contributed by atoms with E-state index in [-0.39, 0.29) is 24.8 Å². The molecule has 3 rings (SSSR count). The lowest BCUT2D eigenvalue weighted by Crippen LogP contribution is -2.42. The lowest BCUT2D eigenvalue weighted by Gasteiger charge is -2.29. The minimum Gasteiger partial charge on any atom is -0.489 e. The lowest BCUT2D eigenvalue weighted by molar-refractivity contribution is 0.137. The first-order chi connectivity index (χ1) is 7.40. The van der Waals surface area contributed by atoms with Crippen molar-refractivity contribution in [2.45, 2.75) is 43.9 Å². The van der Waals surface area contributed by atoms with Crippen molar-refractivity contribution in [3.63, 3.8) is 0 Å². The molecule has 96 valence electrons. The number of nitrogens with zero attached hydrogens (tertiary/aromatic N) is 1. The van der Waals surface area contributed by atoms with E-state index in [9.17, 15) is 0 Å². The van der Waals surface area contributed by atoms with E-state index in [4.69, 9.17) is 4.74 Å². The van der Waals surface area contributed by atoms with Crippen LogP contribution in [0.5, 0.6) is 5.75 Å². The first-order valence-electron chi connectivity index (χ1n) is 5.73. The maximum Gasteiger partial charge on any atom is 0.137 e. The third-order valence-corrected chi connectivity index (χ3v) is 3.37. The number of piperidine rings is 1. The van der Waals surface area contributed by atoms with Crippen LogP contribution in [0.15, 0.2) is 24.5 Å². The van der Waals surface area contributed by atoms with Gasteiger partial charge in [0.1, 0.15) is 11.9 Å². The molecule has 2 atom stereocenters. The van der Waals surface area contributed by atoms with Crippen molar-refractivity contribution in [2.75, 3.05) is 0 Å². The van der Waals surface area contributed by atoms with Gasteiger partial charge in [-0.15, -0.1) is 24.8 Å². The molecule has 5 heteroatoms. The smallest absolute Gasteiger partial charge is 0.137 e. The number of ether oxygens (including phenoxy) is 1. The van der Waals surface area contributed by atoms with E-state index in [2.05, 4.69) is 10.3 Å². The second-order valence-electron chi connectivity index (χ2n) is 4.54. The number of fused-ring (bicyclic) bond motifs is 2. The third-order valence-electron chi connectivity index (χ3n) is 3.37. The first kappa shape index (κ1) is 14.6. The van der Waals surface area contributed by atoms with E-state index in [1.807, 2.05) is 12.1 Å². The molecule has 0 aromatic carbocycles. The molecule has 0 saturated carbocycles. The molecular weight excluding hydrogens is 259 g/mol. The van der Waals surface area contributed by atoms with Crippen molar-refractivity contribution in [1.29, 1.82) is 0 Å². The summed E-state index contributed by atoms with van der Waals surface area (Å²) in [4.78, 5) is 4.06. The number of pyridine rings is 1. The van der Waals surface area contributed by atoms with Crippen LogP contribution in [-0.2, 0) is 0 Å².